The highest BCUT2D eigenvalue weighted by molar-refractivity contribution is 5.68. The number of amides is 2. The molecule has 0 aliphatic carbocycles. The molecule has 2 unspecified atom stereocenters. The normalized spacial score (nSPS) is 23.9. The van der Waals surface area contributed by atoms with Gasteiger partial charge in [-0.15, -0.1) is 0 Å². The number of carbonyl (C=O) groups excluding carboxylic acids is 1. The third-order valence-corrected chi connectivity index (χ3v) is 2.96. The molecule has 1 saturated heterocycles. The van der Waals surface area contributed by atoms with Gasteiger partial charge < -0.3 is 19.6 Å². The molecular formula is C12H21FN2O4. The van der Waals surface area contributed by atoms with Crippen LogP contribution in [0.15, 0.2) is 0 Å². The number of hydrogen-bond donors (Lipinski definition) is 1. The van der Waals surface area contributed by atoms with Crippen LogP contribution in [0.5, 0.6) is 0 Å². The first kappa shape index (κ1) is 15.5. The summed E-state index contributed by atoms with van der Waals surface area (Å²) in [4.78, 5) is 24.8. The molecule has 0 aromatic rings. The zero-order valence-corrected chi connectivity index (χ0v) is 11.7. The Balaban J connectivity index is 2.61. The zero-order chi connectivity index (χ0) is 14.8. The quantitative estimate of drug-likeness (QED) is 0.794. The average molecular weight is 276 g/mol. The SMILES string of the molecule is CN(C(=O)OC(C)(C)C)C1CCN(C(=O)O)CC1F. The molecule has 0 aromatic heterocycles. The van der Waals surface area contributed by atoms with Crippen molar-refractivity contribution in [3.63, 3.8) is 0 Å². The van der Waals surface area contributed by atoms with Crippen LogP contribution in [0.2, 0.25) is 0 Å². The van der Waals surface area contributed by atoms with E-state index >= 15 is 0 Å². The van der Waals surface area contributed by atoms with Crippen molar-refractivity contribution in [2.45, 2.75) is 45.0 Å². The van der Waals surface area contributed by atoms with Crippen LogP contribution in [0.1, 0.15) is 27.2 Å². The van der Waals surface area contributed by atoms with E-state index in [1.807, 2.05) is 0 Å². The highest BCUT2D eigenvalue weighted by atomic mass is 19.1. The standard InChI is InChI=1S/C12H21FN2O4/c1-12(2,3)19-11(18)14(4)9-5-6-15(10(16)17)7-8(9)13/h8-9H,5-7H2,1-4H3,(H,16,17). The third kappa shape index (κ3) is 4.25. The van der Waals surface area contributed by atoms with Crippen molar-refractivity contribution in [3.8, 4) is 0 Å². The first-order chi connectivity index (χ1) is 8.61. The van der Waals surface area contributed by atoms with E-state index in [-0.39, 0.29) is 19.5 Å². The van der Waals surface area contributed by atoms with Crippen molar-refractivity contribution in [1.82, 2.24) is 9.80 Å². The molecule has 0 saturated carbocycles. The van der Waals surface area contributed by atoms with Gasteiger partial charge in [0.1, 0.15) is 11.8 Å². The summed E-state index contributed by atoms with van der Waals surface area (Å²) < 4.78 is 19.1. The Morgan fingerprint density at radius 1 is 1.42 bits per heavy atom. The number of hydrogen-bond acceptors (Lipinski definition) is 3. The minimum Gasteiger partial charge on any atom is -0.465 e. The molecule has 19 heavy (non-hydrogen) atoms. The lowest BCUT2D eigenvalue weighted by Gasteiger charge is -2.38. The average Bonchev–Trinajstić information content (AvgIpc) is 2.25. The van der Waals surface area contributed by atoms with Gasteiger partial charge in [-0.2, -0.15) is 0 Å². The van der Waals surface area contributed by atoms with Crippen molar-refractivity contribution >= 4 is 12.2 Å². The monoisotopic (exact) mass is 276 g/mol. The molecule has 1 heterocycles. The first-order valence-electron chi connectivity index (χ1n) is 6.19. The predicted molar refractivity (Wildman–Crippen MR) is 66.9 cm³/mol. The number of carbonyl (C=O) groups is 2. The Morgan fingerprint density at radius 2 is 2.00 bits per heavy atom. The molecule has 1 aliphatic rings. The number of alkyl halides is 1. The molecule has 1 fully saturated rings. The minimum atomic E-state index is -1.40. The maximum Gasteiger partial charge on any atom is 0.410 e. The van der Waals surface area contributed by atoms with Gasteiger partial charge in [-0.3, -0.25) is 0 Å². The van der Waals surface area contributed by atoms with Crippen LogP contribution in [0.3, 0.4) is 0 Å². The molecule has 1 N–H and O–H groups in total. The number of halogens is 1. The Hall–Kier alpha value is -1.53. The van der Waals surface area contributed by atoms with Crippen molar-refractivity contribution < 1.29 is 23.8 Å². The maximum atomic E-state index is 13.9. The van der Waals surface area contributed by atoms with Crippen LogP contribution in [-0.2, 0) is 4.74 Å². The molecule has 110 valence electrons. The number of likely N-dealkylation sites (tertiary alicyclic amines) is 1. The Morgan fingerprint density at radius 3 is 2.42 bits per heavy atom. The summed E-state index contributed by atoms with van der Waals surface area (Å²) >= 11 is 0. The van der Waals surface area contributed by atoms with Crippen LogP contribution in [0, 0.1) is 0 Å². The van der Waals surface area contributed by atoms with E-state index in [9.17, 15) is 14.0 Å². The summed E-state index contributed by atoms with van der Waals surface area (Å²) in [5.41, 5.74) is -0.640. The Bertz CT molecular complexity index is 356. The highest BCUT2D eigenvalue weighted by Crippen LogP contribution is 2.21. The van der Waals surface area contributed by atoms with Gasteiger partial charge in [0.05, 0.1) is 12.6 Å². The molecule has 1 aliphatic heterocycles. The second kappa shape index (κ2) is 5.63. The summed E-state index contributed by atoms with van der Waals surface area (Å²) in [7, 11) is 1.47. The van der Waals surface area contributed by atoms with Crippen LogP contribution in [0.4, 0.5) is 14.0 Å². The Kier molecular flexibility index (Phi) is 4.60. The summed E-state index contributed by atoms with van der Waals surface area (Å²) in [6.45, 7) is 5.21. The van der Waals surface area contributed by atoms with Gasteiger partial charge in [0.15, 0.2) is 0 Å². The summed E-state index contributed by atoms with van der Waals surface area (Å²) in [6, 6.07) is -0.648. The molecule has 6 nitrogen and oxygen atoms in total. The molecule has 7 heteroatoms. The molecule has 2 amide bonds. The van der Waals surface area contributed by atoms with Gasteiger partial charge in [0, 0.05) is 13.6 Å². The van der Waals surface area contributed by atoms with E-state index in [0.29, 0.717) is 0 Å². The topological polar surface area (TPSA) is 70.1 Å². The van der Waals surface area contributed by atoms with Crippen molar-refractivity contribution in [1.29, 1.82) is 0 Å². The van der Waals surface area contributed by atoms with Gasteiger partial charge in [-0.25, -0.2) is 14.0 Å². The number of rotatable bonds is 1. The minimum absolute atomic E-state index is 0.215. The van der Waals surface area contributed by atoms with Crippen molar-refractivity contribution in [2.24, 2.45) is 0 Å². The van der Waals surface area contributed by atoms with Crippen molar-refractivity contribution in [3.05, 3.63) is 0 Å². The van der Waals surface area contributed by atoms with Crippen molar-refractivity contribution in [2.75, 3.05) is 20.1 Å². The van der Waals surface area contributed by atoms with E-state index < -0.39 is 30.0 Å². The lowest BCUT2D eigenvalue weighted by molar-refractivity contribution is -0.000300. The van der Waals surface area contributed by atoms with E-state index in [4.69, 9.17) is 9.84 Å². The predicted octanol–water partition coefficient (Wildman–Crippen LogP) is 1.94. The van der Waals surface area contributed by atoms with E-state index in [1.165, 1.54) is 11.9 Å². The first-order valence-corrected chi connectivity index (χ1v) is 6.19. The summed E-state index contributed by atoms with van der Waals surface area (Å²) in [5.74, 6) is 0. The van der Waals surface area contributed by atoms with Gasteiger partial charge >= 0.3 is 12.2 Å². The largest absolute Gasteiger partial charge is 0.465 e. The van der Waals surface area contributed by atoms with Crippen LogP contribution in [0.25, 0.3) is 0 Å². The van der Waals surface area contributed by atoms with Gasteiger partial charge in [-0.1, -0.05) is 0 Å². The van der Waals surface area contributed by atoms with E-state index in [2.05, 4.69) is 0 Å². The fraction of sp³-hybridized carbons (Fsp3) is 0.833. The molecule has 0 spiro atoms. The Labute approximate surface area is 112 Å². The molecule has 2 atom stereocenters. The van der Waals surface area contributed by atoms with Gasteiger partial charge in [0.25, 0.3) is 0 Å². The van der Waals surface area contributed by atoms with Gasteiger partial charge in [-0.05, 0) is 27.2 Å². The smallest absolute Gasteiger partial charge is 0.410 e. The fourth-order valence-electron chi connectivity index (χ4n) is 1.97. The molecule has 0 aromatic carbocycles. The maximum absolute atomic E-state index is 13.9. The lowest BCUT2D eigenvalue weighted by Crippen LogP contribution is -2.54. The number of ether oxygens (including phenoxy) is 1. The number of carboxylic acid groups (broad SMARTS) is 1. The van der Waals surface area contributed by atoms with Crippen LogP contribution >= 0.6 is 0 Å². The molecule has 1 rings (SSSR count). The van der Waals surface area contributed by atoms with Crippen LogP contribution < -0.4 is 0 Å². The zero-order valence-electron chi connectivity index (χ0n) is 11.7. The van der Waals surface area contributed by atoms with Crippen LogP contribution in [-0.4, -0.2) is 65.0 Å². The third-order valence-electron chi connectivity index (χ3n) is 2.96. The van der Waals surface area contributed by atoms with Gasteiger partial charge in [0.2, 0.25) is 0 Å². The molecule has 0 bridgehead atoms. The number of piperidine rings is 1. The molecule has 0 radical (unpaired) electrons. The molecular weight excluding hydrogens is 255 g/mol. The number of nitrogens with zero attached hydrogens (tertiary/aromatic N) is 2. The highest BCUT2D eigenvalue weighted by Gasteiger charge is 2.37. The summed E-state index contributed by atoms with van der Waals surface area (Å²) in [5, 5.41) is 8.80. The second-order valence-electron chi connectivity index (χ2n) is 5.69. The lowest BCUT2D eigenvalue weighted by atomic mass is 10.0. The fourth-order valence-corrected chi connectivity index (χ4v) is 1.97. The van der Waals surface area contributed by atoms with E-state index in [1.54, 1.807) is 20.8 Å². The summed E-state index contributed by atoms with van der Waals surface area (Å²) in [6.07, 6.45) is -2.87. The second-order valence-corrected chi connectivity index (χ2v) is 5.69. The van der Waals surface area contributed by atoms with E-state index in [0.717, 1.165) is 4.90 Å².